The van der Waals surface area contributed by atoms with Crippen LogP contribution >= 0.6 is 56.7 Å². The first-order valence-electron chi connectivity index (χ1n) is 14.2. The summed E-state index contributed by atoms with van der Waals surface area (Å²) in [7, 11) is 3.09. The Morgan fingerprint density at radius 2 is 1.28 bits per heavy atom. The molecule has 0 radical (unpaired) electrons. The molecule has 0 atom stereocenters. The average molecular weight is 748 g/mol. The highest BCUT2D eigenvalue weighted by atomic mass is 32.1. The molecule has 0 fully saturated rings. The Morgan fingerprint density at radius 3 is 1.84 bits per heavy atom. The molecule has 0 unspecified atom stereocenters. The fourth-order valence-electron chi connectivity index (χ4n) is 5.11. The number of nitriles is 4. The van der Waals surface area contributed by atoms with Crippen molar-refractivity contribution in [2.45, 2.75) is 6.61 Å². The number of aromatic nitrogens is 1. The molecule has 0 aliphatic carbocycles. The molecule has 0 amide bonds. The predicted molar refractivity (Wildman–Crippen MR) is 199 cm³/mol. The van der Waals surface area contributed by atoms with Crippen molar-refractivity contribution in [3.8, 4) is 55.3 Å². The maximum atomic E-state index is 14.0. The molecule has 7 aromatic rings. The lowest BCUT2D eigenvalue weighted by Crippen LogP contribution is -2.13. The first-order valence-corrected chi connectivity index (χ1v) is 18.3. The van der Waals surface area contributed by atoms with Crippen LogP contribution in [0.15, 0.2) is 64.6 Å². The molecule has 242 valence electrons. The summed E-state index contributed by atoms with van der Waals surface area (Å²) in [6.45, 7) is 0.0874. The van der Waals surface area contributed by atoms with E-state index in [0.717, 1.165) is 49.4 Å². The summed E-state index contributed by atoms with van der Waals surface area (Å²) in [5.74, 6) is 1.09. The van der Waals surface area contributed by atoms with Gasteiger partial charge in [-0.25, -0.2) is 19.3 Å². The van der Waals surface area contributed by atoms with Gasteiger partial charge in [0.25, 0.3) is 0 Å². The zero-order chi connectivity index (χ0) is 34.9. The van der Waals surface area contributed by atoms with Gasteiger partial charge in [-0.3, -0.25) is 0 Å². The minimum Gasteiger partial charge on any atom is -0.495 e. The molecule has 16 heteroatoms. The number of rotatable bonds is 8. The number of aliphatic imine (C=N–C) groups is 2. The minimum absolute atomic E-state index is 0.0874. The lowest BCUT2D eigenvalue weighted by molar-refractivity contribution is 0.143. The summed E-state index contributed by atoms with van der Waals surface area (Å²) in [4.78, 5) is 25.6. The molecular formula is C34H17N7O4S5. The Hall–Kier alpha value is -5.85. The van der Waals surface area contributed by atoms with Crippen LogP contribution in [0, 0.1) is 45.3 Å². The number of ether oxygens (including phenoxy) is 3. The summed E-state index contributed by atoms with van der Waals surface area (Å²) in [5, 5.41) is 37.7. The summed E-state index contributed by atoms with van der Waals surface area (Å²) in [6.07, 6.45) is -0.533. The van der Waals surface area contributed by atoms with E-state index in [1.165, 1.54) is 52.5 Å². The number of hydrogen-bond acceptors (Lipinski definition) is 15. The molecule has 0 saturated carbocycles. The Morgan fingerprint density at radius 1 is 0.720 bits per heavy atom. The summed E-state index contributed by atoms with van der Waals surface area (Å²) in [5.41, 5.74) is 1.74. The lowest BCUT2D eigenvalue weighted by Gasteiger charge is -2.07. The number of methoxy groups -OCH3 is 2. The molecule has 1 aromatic carbocycles. The topological polar surface area (TPSA) is 170 Å². The SMILES string of the molecule is COc1cc(N=C(C#N)C#N)sc1-c1cc2c(s1)c1sc3cc(-c4sc(N=C(C#N)C#N)cc4OC)sc3c1n2C(=O)OCc1ccccc1. The van der Waals surface area contributed by atoms with Gasteiger partial charge in [-0.1, -0.05) is 30.3 Å². The standard InChI is InChI=1S/C34H17N7O4S5/c1-43-21-9-26(39-18(12-35)13-36)49-30(21)23-8-20-29(46-23)33-28(41(20)34(42)45-16-17-6-4-3-5-7-17)32-25(48-33)11-24(47-32)31-22(44-2)10-27(50-31)40-19(14-37)15-38/h3-11H,16H2,1-2H3. The Labute approximate surface area is 303 Å². The smallest absolute Gasteiger partial charge is 0.419 e. The number of carbonyl (C=O) groups excluding carboxylic acids is 1. The van der Waals surface area contributed by atoms with Crippen molar-refractivity contribution in [2.24, 2.45) is 9.98 Å². The Kier molecular flexibility index (Phi) is 8.87. The van der Waals surface area contributed by atoms with E-state index in [0.29, 0.717) is 27.0 Å². The van der Waals surface area contributed by atoms with Gasteiger partial charge in [0.05, 0.1) is 58.9 Å². The summed E-state index contributed by atoms with van der Waals surface area (Å²) >= 11 is 7.13. The lowest BCUT2D eigenvalue weighted by atomic mass is 10.2. The Bertz CT molecular complexity index is 2680. The predicted octanol–water partition coefficient (Wildman–Crippen LogP) is 10.0. The fraction of sp³-hybridized carbons (Fsp3) is 0.0882. The largest absolute Gasteiger partial charge is 0.495 e. The third-order valence-electron chi connectivity index (χ3n) is 7.24. The van der Waals surface area contributed by atoms with Crippen molar-refractivity contribution >= 4 is 114 Å². The first kappa shape index (κ1) is 32.7. The zero-order valence-corrected chi connectivity index (χ0v) is 29.8. The van der Waals surface area contributed by atoms with Crippen molar-refractivity contribution in [1.82, 2.24) is 4.57 Å². The second-order valence-corrected chi connectivity index (χ2v) is 15.3. The third kappa shape index (κ3) is 5.78. The molecule has 6 heterocycles. The molecule has 0 aliphatic rings. The molecule has 0 saturated heterocycles. The van der Waals surface area contributed by atoms with Crippen LogP contribution in [0.3, 0.4) is 0 Å². The molecule has 0 bridgehead atoms. The number of benzene rings is 1. The van der Waals surface area contributed by atoms with Crippen molar-refractivity contribution in [3.63, 3.8) is 0 Å². The fourth-order valence-corrected chi connectivity index (χ4v) is 11.2. The second kappa shape index (κ2) is 13.6. The molecule has 50 heavy (non-hydrogen) atoms. The highest BCUT2D eigenvalue weighted by Crippen LogP contribution is 2.54. The average Bonchev–Trinajstić information content (AvgIpc) is 3.98. The normalized spacial score (nSPS) is 10.7. The van der Waals surface area contributed by atoms with Gasteiger partial charge in [-0.2, -0.15) is 21.0 Å². The van der Waals surface area contributed by atoms with Gasteiger partial charge >= 0.3 is 6.09 Å². The van der Waals surface area contributed by atoms with E-state index >= 15 is 0 Å². The van der Waals surface area contributed by atoms with E-state index in [1.807, 2.05) is 42.5 Å². The zero-order valence-electron chi connectivity index (χ0n) is 25.7. The van der Waals surface area contributed by atoms with E-state index in [1.54, 1.807) is 59.4 Å². The molecule has 0 spiro atoms. The molecule has 6 aromatic heterocycles. The molecular weight excluding hydrogens is 731 g/mol. The molecule has 0 aliphatic heterocycles. The Balaban J connectivity index is 1.38. The third-order valence-corrected chi connectivity index (χ3v) is 13.3. The van der Waals surface area contributed by atoms with E-state index < -0.39 is 6.09 Å². The van der Waals surface area contributed by atoms with Crippen LogP contribution in [0.5, 0.6) is 11.5 Å². The second-order valence-electron chi connectivity index (χ2n) is 10.1. The van der Waals surface area contributed by atoms with Gasteiger partial charge in [-0.05, 0) is 17.7 Å². The number of carbonyl (C=O) groups is 1. The maximum absolute atomic E-state index is 14.0. The van der Waals surface area contributed by atoms with Gasteiger partial charge < -0.3 is 14.2 Å². The van der Waals surface area contributed by atoms with Crippen molar-refractivity contribution in [3.05, 3.63) is 60.2 Å². The van der Waals surface area contributed by atoms with E-state index in [4.69, 9.17) is 14.2 Å². The minimum atomic E-state index is -0.533. The van der Waals surface area contributed by atoms with Crippen LogP contribution in [0.1, 0.15) is 5.56 Å². The monoisotopic (exact) mass is 747 g/mol. The highest BCUT2D eigenvalue weighted by Gasteiger charge is 2.27. The number of thiophene rings is 5. The van der Waals surface area contributed by atoms with Crippen molar-refractivity contribution in [2.75, 3.05) is 14.2 Å². The van der Waals surface area contributed by atoms with E-state index in [-0.39, 0.29) is 18.0 Å². The van der Waals surface area contributed by atoms with Gasteiger partial charge in [0.1, 0.15) is 52.4 Å². The van der Waals surface area contributed by atoms with Crippen LogP contribution in [0.2, 0.25) is 0 Å². The summed E-state index contributed by atoms with van der Waals surface area (Å²) < 4.78 is 22.4. The number of hydrogen-bond donors (Lipinski definition) is 0. The summed E-state index contributed by atoms with van der Waals surface area (Å²) in [6, 6.07) is 23.9. The van der Waals surface area contributed by atoms with Crippen LogP contribution < -0.4 is 9.47 Å². The van der Waals surface area contributed by atoms with Gasteiger partial charge in [0.2, 0.25) is 11.4 Å². The van der Waals surface area contributed by atoms with Crippen LogP contribution in [0.4, 0.5) is 14.8 Å². The van der Waals surface area contributed by atoms with Gasteiger partial charge in [-0.15, -0.1) is 56.7 Å². The van der Waals surface area contributed by atoms with Crippen LogP contribution in [-0.4, -0.2) is 36.3 Å². The maximum Gasteiger partial charge on any atom is 0.419 e. The first-order chi connectivity index (χ1) is 24.4. The van der Waals surface area contributed by atoms with Crippen molar-refractivity contribution < 1.29 is 19.0 Å². The molecule has 0 N–H and O–H groups in total. The molecule has 11 nitrogen and oxygen atoms in total. The van der Waals surface area contributed by atoms with Gasteiger partial charge in [0, 0.05) is 16.8 Å². The van der Waals surface area contributed by atoms with Crippen molar-refractivity contribution in [1.29, 1.82) is 21.0 Å². The van der Waals surface area contributed by atoms with Crippen LogP contribution in [-0.2, 0) is 11.3 Å². The quantitative estimate of drug-likeness (QED) is 0.138. The molecule has 7 rings (SSSR count). The van der Waals surface area contributed by atoms with E-state index in [2.05, 4.69) is 9.98 Å². The van der Waals surface area contributed by atoms with Crippen LogP contribution in [0.25, 0.3) is 49.3 Å². The van der Waals surface area contributed by atoms with Gasteiger partial charge in [0.15, 0.2) is 0 Å². The van der Waals surface area contributed by atoms with E-state index in [9.17, 15) is 25.8 Å². The number of nitrogens with zero attached hydrogens (tertiary/aromatic N) is 7. The number of fused-ring (bicyclic) bond motifs is 5. The highest BCUT2D eigenvalue weighted by molar-refractivity contribution is 7.38.